The van der Waals surface area contributed by atoms with Gasteiger partial charge in [-0.1, -0.05) is 31.5 Å². The minimum Gasteiger partial charge on any atom is -0.337 e. The molecule has 31 heavy (non-hydrogen) atoms. The Bertz CT molecular complexity index is 1040. The molecule has 0 bridgehead atoms. The Kier molecular flexibility index (Phi) is 7.74. The molecule has 0 aliphatic carbocycles. The van der Waals surface area contributed by atoms with Crippen molar-refractivity contribution in [3.8, 4) is 0 Å². The van der Waals surface area contributed by atoms with Crippen molar-refractivity contribution < 1.29 is 18.0 Å². The molecule has 0 radical (unpaired) electrons. The van der Waals surface area contributed by atoms with Crippen molar-refractivity contribution in [2.45, 2.75) is 31.6 Å². The minimum atomic E-state index is -3.67. The average molecular weight is 484 g/mol. The van der Waals surface area contributed by atoms with E-state index < -0.39 is 15.9 Å². The normalized spacial score (nSPS) is 17.0. The molecule has 1 aromatic heterocycles. The average Bonchev–Trinajstić information content (AvgIpc) is 3.30. The Morgan fingerprint density at radius 3 is 2.65 bits per heavy atom. The number of likely N-dealkylation sites (tertiary alicyclic amines) is 1. The van der Waals surface area contributed by atoms with Crippen LogP contribution >= 0.6 is 22.9 Å². The van der Waals surface area contributed by atoms with Crippen LogP contribution in [0.2, 0.25) is 5.02 Å². The van der Waals surface area contributed by atoms with Crippen LogP contribution in [0.25, 0.3) is 0 Å². The molecule has 1 aliphatic rings. The van der Waals surface area contributed by atoms with Gasteiger partial charge in [0.2, 0.25) is 15.9 Å². The molecule has 168 valence electrons. The maximum Gasteiger partial charge on any atom is 0.263 e. The molecule has 1 saturated heterocycles. The van der Waals surface area contributed by atoms with Gasteiger partial charge in [-0.2, -0.15) is 4.31 Å². The molecule has 1 fully saturated rings. The van der Waals surface area contributed by atoms with E-state index in [0.717, 1.165) is 6.42 Å². The van der Waals surface area contributed by atoms with Crippen molar-refractivity contribution in [1.82, 2.24) is 9.21 Å². The van der Waals surface area contributed by atoms with Gasteiger partial charge in [0.25, 0.3) is 5.91 Å². The quantitative estimate of drug-likeness (QED) is 0.646. The van der Waals surface area contributed by atoms with E-state index in [1.54, 1.807) is 24.8 Å². The van der Waals surface area contributed by atoms with Gasteiger partial charge >= 0.3 is 0 Å². The first-order valence-corrected chi connectivity index (χ1v) is 12.9. The van der Waals surface area contributed by atoms with Gasteiger partial charge in [0, 0.05) is 26.2 Å². The summed E-state index contributed by atoms with van der Waals surface area (Å²) in [4.78, 5) is 28.0. The lowest BCUT2D eigenvalue weighted by Crippen LogP contribution is -2.43. The molecule has 1 atom stereocenters. The summed E-state index contributed by atoms with van der Waals surface area (Å²) in [5, 5.41) is 4.88. The Morgan fingerprint density at radius 2 is 2.00 bits per heavy atom. The van der Waals surface area contributed by atoms with Crippen LogP contribution in [0.15, 0.2) is 40.6 Å². The fourth-order valence-electron chi connectivity index (χ4n) is 3.64. The first-order valence-electron chi connectivity index (χ1n) is 10.2. The maximum absolute atomic E-state index is 12.9. The van der Waals surface area contributed by atoms with Gasteiger partial charge in [0.1, 0.15) is 0 Å². The molecule has 1 unspecified atom stereocenters. The second kappa shape index (κ2) is 10.1. The van der Waals surface area contributed by atoms with E-state index in [4.69, 9.17) is 11.6 Å². The van der Waals surface area contributed by atoms with Gasteiger partial charge in [0.05, 0.1) is 26.4 Å². The monoisotopic (exact) mass is 483 g/mol. The summed E-state index contributed by atoms with van der Waals surface area (Å²) >= 11 is 7.62. The molecular formula is C21H26ClN3O4S2. The second-order valence-electron chi connectivity index (χ2n) is 7.29. The number of amides is 2. The third kappa shape index (κ3) is 5.28. The second-order valence-corrected chi connectivity index (χ2v) is 10.6. The van der Waals surface area contributed by atoms with Crippen LogP contribution in [0.3, 0.4) is 0 Å². The molecule has 0 saturated carbocycles. The van der Waals surface area contributed by atoms with Crippen molar-refractivity contribution in [3.63, 3.8) is 0 Å². The lowest BCUT2D eigenvalue weighted by atomic mass is 9.97. The molecule has 1 N–H and O–H groups in total. The van der Waals surface area contributed by atoms with Crippen LogP contribution in [-0.2, 0) is 14.8 Å². The summed E-state index contributed by atoms with van der Waals surface area (Å²) in [5.41, 5.74) is 0.251. The number of benzene rings is 1. The molecule has 0 spiro atoms. The largest absolute Gasteiger partial charge is 0.337 e. The third-order valence-corrected chi connectivity index (χ3v) is 8.58. The summed E-state index contributed by atoms with van der Waals surface area (Å²) in [6.07, 6.45) is 1.37. The zero-order valence-electron chi connectivity index (χ0n) is 17.5. The van der Waals surface area contributed by atoms with E-state index in [1.807, 2.05) is 11.4 Å². The van der Waals surface area contributed by atoms with Crippen LogP contribution in [0.1, 0.15) is 36.4 Å². The number of thiophene rings is 1. The summed E-state index contributed by atoms with van der Waals surface area (Å²) in [6, 6.07) is 7.91. The number of rotatable bonds is 7. The van der Waals surface area contributed by atoms with E-state index in [9.17, 15) is 18.0 Å². The molecule has 7 nitrogen and oxygen atoms in total. The van der Waals surface area contributed by atoms with Crippen molar-refractivity contribution in [2.75, 3.05) is 31.5 Å². The highest BCUT2D eigenvalue weighted by Crippen LogP contribution is 2.29. The molecule has 1 aliphatic heterocycles. The molecule has 1 aromatic carbocycles. The highest BCUT2D eigenvalue weighted by Gasteiger charge is 2.30. The minimum absolute atomic E-state index is 0.0714. The standard InChI is InChI=1S/C21H26ClN3O4S2/c1-3-25(4-2)31(28,29)16-9-10-17(22)18(13-16)23-20(26)15-7-5-11-24(14-15)21(27)19-8-6-12-30-19/h6,8-10,12-13,15H,3-5,7,11,14H2,1-2H3,(H,23,26). The highest BCUT2D eigenvalue weighted by molar-refractivity contribution is 7.89. The van der Waals surface area contributed by atoms with Gasteiger partial charge in [-0.05, 0) is 42.5 Å². The van der Waals surface area contributed by atoms with E-state index in [2.05, 4.69) is 5.32 Å². The van der Waals surface area contributed by atoms with E-state index in [-0.39, 0.29) is 27.4 Å². The molecule has 2 aromatic rings. The summed E-state index contributed by atoms with van der Waals surface area (Å²) in [5.74, 6) is -0.738. The lowest BCUT2D eigenvalue weighted by molar-refractivity contribution is -0.121. The van der Waals surface area contributed by atoms with Gasteiger partial charge in [0.15, 0.2) is 0 Å². The van der Waals surface area contributed by atoms with Gasteiger partial charge in [-0.15, -0.1) is 11.3 Å². The van der Waals surface area contributed by atoms with E-state index >= 15 is 0 Å². The first kappa shape index (κ1) is 23.7. The van der Waals surface area contributed by atoms with Crippen molar-refractivity contribution in [3.05, 3.63) is 45.6 Å². The fraction of sp³-hybridized carbons (Fsp3) is 0.429. The Hall–Kier alpha value is -1.94. The summed E-state index contributed by atoms with van der Waals surface area (Å²) < 4.78 is 26.9. The number of hydrogen-bond donors (Lipinski definition) is 1. The van der Waals surface area contributed by atoms with Crippen molar-refractivity contribution >= 4 is 50.5 Å². The number of piperidine rings is 1. The first-order chi connectivity index (χ1) is 14.8. The zero-order chi connectivity index (χ0) is 22.6. The van der Waals surface area contributed by atoms with Crippen LogP contribution < -0.4 is 5.32 Å². The van der Waals surface area contributed by atoms with Crippen LogP contribution in [0.4, 0.5) is 5.69 Å². The molecular weight excluding hydrogens is 458 g/mol. The number of carbonyl (C=O) groups is 2. The summed E-state index contributed by atoms with van der Waals surface area (Å²) in [7, 11) is -3.67. The van der Waals surface area contributed by atoms with E-state index in [1.165, 1.54) is 33.8 Å². The van der Waals surface area contributed by atoms with Crippen LogP contribution in [-0.4, -0.2) is 55.6 Å². The number of sulfonamides is 1. The predicted molar refractivity (Wildman–Crippen MR) is 123 cm³/mol. The summed E-state index contributed by atoms with van der Waals surface area (Å²) in [6.45, 7) is 5.16. The maximum atomic E-state index is 12.9. The highest BCUT2D eigenvalue weighted by atomic mass is 35.5. The van der Waals surface area contributed by atoms with Crippen LogP contribution in [0, 0.1) is 5.92 Å². The fourth-order valence-corrected chi connectivity index (χ4v) is 5.98. The van der Waals surface area contributed by atoms with Gasteiger partial charge in [-0.3, -0.25) is 9.59 Å². The topological polar surface area (TPSA) is 86.8 Å². The number of anilines is 1. The lowest BCUT2D eigenvalue weighted by Gasteiger charge is -2.31. The van der Waals surface area contributed by atoms with Crippen molar-refractivity contribution in [2.24, 2.45) is 5.92 Å². The molecule has 2 amide bonds. The number of hydrogen-bond acceptors (Lipinski definition) is 5. The molecule has 3 rings (SSSR count). The number of nitrogens with zero attached hydrogens (tertiary/aromatic N) is 2. The van der Waals surface area contributed by atoms with Crippen LogP contribution in [0.5, 0.6) is 0 Å². The van der Waals surface area contributed by atoms with Gasteiger partial charge < -0.3 is 10.2 Å². The number of carbonyl (C=O) groups excluding carboxylic acids is 2. The Balaban J connectivity index is 1.75. The Labute approximate surface area is 192 Å². The SMILES string of the molecule is CCN(CC)S(=O)(=O)c1ccc(Cl)c(NC(=O)C2CCCN(C(=O)c3cccs3)C2)c1. The smallest absolute Gasteiger partial charge is 0.263 e. The zero-order valence-corrected chi connectivity index (χ0v) is 19.9. The van der Waals surface area contributed by atoms with Crippen molar-refractivity contribution in [1.29, 1.82) is 0 Å². The molecule has 2 heterocycles. The van der Waals surface area contributed by atoms with Gasteiger partial charge in [-0.25, -0.2) is 8.42 Å². The van der Waals surface area contributed by atoms with E-state index in [0.29, 0.717) is 37.5 Å². The molecule has 10 heteroatoms. The Morgan fingerprint density at radius 1 is 1.26 bits per heavy atom. The predicted octanol–water partition coefficient (Wildman–Crippen LogP) is 3.92. The number of nitrogens with one attached hydrogen (secondary N) is 1. The number of halogens is 1. The third-order valence-electron chi connectivity index (χ3n) is 5.35.